The molecular formula is C12H20N2O2S. The van der Waals surface area contributed by atoms with Crippen molar-refractivity contribution in [3.63, 3.8) is 0 Å². The highest BCUT2D eigenvalue weighted by molar-refractivity contribution is 7.89. The molecule has 0 bridgehead atoms. The fourth-order valence-electron chi connectivity index (χ4n) is 1.31. The van der Waals surface area contributed by atoms with Gasteiger partial charge in [-0.15, -0.1) is 0 Å². The molecule has 1 N–H and O–H groups in total. The van der Waals surface area contributed by atoms with E-state index in [1.165, 1.54) is 18.4 Å². The van der Waals surface area contributed by atoms with E-state index < -0.39 is 10.0 Å². The Bertz CT molecular complexity index is 450. The predicted octanol–water partition coefficient (Wildman–Crippen LogP) is 1.43. The van der Waals surface area contributed by atoms with Crippen LogP contribution in [0.3, 0.4) is 0 Å². The summed E-state index contributed by atoms with van der Waals surface area (Å²) in [4.78, 5) is 0.329. The van der Waals surface area contributed by atoms with Crippen molar-refractivity contribution >= 4 is 10.0 Å². The second-order valence-corrected chi connectivity index (χ2v) is 6.62. The number of hydrogen-bond acceptors (Lipinski definition) is 3. The Hall–Kier alpha value is -0.910. The number of nitrogens with one attached hydrogen (secondary N) is 1. The van der Waals surface area contributed by atoms with Crippen molar-refractivity contribution in [2.75, 3.05) is 14.1 Å². The van der Waals surface area contributed by atoms with Crippen molar-refractivity contribution in [1.29, 1.82) is 0 Å². The van der Waals surface area contributed by atoms with E-state index >= 15 is 0 Å². The summed E-state index contributed by atoms with van der Waals surface area (Å²) >= 11 is 0. The Kier molecular flexibility index (Phi) is 4.68. The second-order valence-electron chi connectivity index (χ2n) is 4.47. The molecular weight excluding hydrogens is 236 g/mol. The smallest absolute Gasteiger partial charge is 0.242 e. The summed E-state index contributed by atoms with van der Waals surface area (Å²) in [6.45, 7) is 4.90. The van der Waals surface area contributed by atoms with E-state index in [4.69, 9.17) is 0 Å². The normalized spacial score (nSPS) is 12.4. The van der Waals surface area contributed by atoms with Crippen LogP contribution in [0.4, 0.5) is 0 Å². The zero-order valence-corrected chi connectivity index (χ0v) is 11.6. The molecule has 0 spiro atoms. The number of benzene rings is 1. The minimum atomic E-state index is -3.31. The van der Waals surface area contributed by atoms with Gasteiger partial charge < -0.3 is 5.32 Å². The Labute approximate surface area is 104 Å². The molecule has 1 aromatic carbocycles. The van der Waals surface area contributed by atoms with Gasteiger partial charge in [0.1, 0.15) is 0 Å². The molecule has 0 aliphatic rings. The quantitative estimate of drug-likeness (QED) is 0.867. The van der Waals surface area contributed by atoms with Crippen LogP contribution in [0.15, 0.2) is 29.2 Å². The highest BCUT2D eigenvalue weighted by Gasteiger charge is 2.16. The first-order valence-corrected chi connectivity index (χ1v) is 7.03. The number of rotatable bonds is 5. The van der Waals surface area contributed by atoms with Crippen LogP contribution < -0.4 is 5.32 Å². The standard InChI is InChI=1S/C12H20N2O2S/c1-10(2)13-9-11-5-7-12(8-6-11)17(15,16)14(3)4/h5-8,10,13H,9H2,1-4H3. The maximum Gasteiger partial charge on any atom is 0.242 e. The third kappa shape index (κ3) is 3.80. The first-order valence-electron chi connectivity index (χ1n) is 5.59. The lowest BCUT2D eigenvalue weighted by Gasteiger charge is -2.12. The molecule has 0 aliphatic heterocycles. The van der Waals surface area contributed by atoms with E-state index in [9.17, 15) is 8.42 Å². The van der Waals surface area contributed by atoms with Crippen LogP contribution >= 0.6 is 0 Å². The van der Waals surface area contributed by atoms with Crippen molar-refractivity contribution in [3.8, 4) is 0 Å². The fourth-order valence-corrected chi connectivity index (χ4v) is 2.21. The van der Waals surface area contributed by atoms with Crippen molar-refractivity contribution in [1.82, 2.24) is 9.62 Å². The van der Waals surface area contributed by atoms with Gasteiger partial charge in [0.15, 0.2) is 0 Å². The third-order valence-electron chi connectivity index (χ3n) is 2.42. The molecule has 0 radical (unpaired) electrons. The largest absolute Gasteiger partial charge is 0.310 e. The average Bonchev–Trinajstić information content (AvgIpc) is 2.26. The fraction of sp³-hybridized carbons (Fsp3) is 0.500. The van der Waals surface area contributed by atoms with Crippen molar-refractivity contribution < 1.29 is 8.42 Å². The number of hydrogen-bond donors (Lipinski definition) is 1. The summed E-state index contributed by atoms with van der Waals surface area (Å²) in [6.07, 6.45) is 0. The van der Waals surface area contributed by atoms with E-state index in [0.29, 0.717) is 10.9 Å². The molecule has 0 aromatic heterocycles. The summed E-state index contributed by atoms with van der Waals surface area (Å²) in [7, 11) is -0.249. The maximum absolute atomic E-state index is 11.8. The second kappa shape index (κ2) is 5.62. The Morgan fingerprint density at radius 1 is 1.18 bits per heavy atom. The average molecular weight is 256 g/mol. The van der Waals surface area contributed by atoms with Crippen LogP contribution in [-0.2, 0) is 16.6 Å². The van der Waals surface area contributed by atoms with Crippen LogP contribution in [0.1, 0.15) is 19.4 Å². The Morgan fingerprint density at radius 2 is 1.71 bits per heavy atom. The van der Waals surface area contributed by atoms with Crippen molar-refractivity contribution in [2.24, 2.45) is 0 Å². The Balaban J connectivity index is 2.82. The maximum atomic E-state index is 11.8. The summed E-state index contributed by atoms with van der Waals surface area (Å²) in [6, 6.07) is 7.39. The van der Waals surface area contributed by atoms with Gasteiger partial charge in [-0.25, -0.2) is 12.7 Å². The first-order chi connectivity index (χ1) is 7.84. The lowest BCUT2D eigenvalue weighted by molar-refractivity contribution is 0.520. The molecule has 1 aromatic rings. The number of sulfonamides is 1. The van der Waals surface area contributed by atoms with Crippen LogP contribution in [0.2, 0.25) is 0 Å². The van der Waals surface area contributed by atoms with Gasteiger partial charge in [-0.05, 0) is 17.7 Å². The molecule has 1 rings (SSSR count). The summed E-state index contributed by atoms with van der Waals surface area (Å²) in [5.41, 5.74) is 1.08. The molecule has 0 fully saturated rings. The molecule has 0 saturated carbocycles. The van der Waals surface area contributed by atoms with E-state index in [-0.39, 0.29) is 0 Å². The van der Waals surface area contributed by atoms with Gasteiger partial charge in [0.05, 0.1) is 4.90 Å². The van der Waals surface area contributed by atoms with Crippen molar-refractivity contribution in [2.45, 2.75) is 31.3 Å². The zero-order valence-electron chi connectivity index (χ0n) is 10.8. The lowest BCUT2D eigenvalue weighted by Crippen LogP contribution is -2.23. The number of nitrogens with zero attached hydrogens (tertiary/aromatic N) is 1. The molecule has 0 atom stereocenters. The van der Waals surface area contributed by atoms with E-state index in [2.05, 4.69) is 19.2 Å². The minimum Gasteiger partial charge on any atom is -0.310 e. The van der Waals surface area contributed by atoms with Gasteiger partial charge in [0.2, 0.25) is 10.0 Å². The topological polar surface area (TPSA) is 49.4 Å². The third-order valence-corrected chi connectivity index (χ3v) is 4.25. The van der Waals surface area contributed by atoms with E-state index in [1.54, 1.807) is 12.1 Å². The van der Waals surface area contributed by atoms with Gasteiger partial charge >= 0.3 is 0 Å². The van der Waals surface area contributed by atoms with E-state index in [1.807, 2.05) is 12.1 Å². The minimum absolute atomic E-state index is 0.329. The van der Waals surface area contributed by atoms with Gasteiger partial charge in [-0.1, -0.05) is 26.0 Å². The van der Waals surface area contributed by atoms with Crippen LogP contribution in [-0.4, -0.2) is 32.9 Å². The SMILES string of the molecule is CC(C)NCc1ccc(S(=O)(=O)N(C)C)cc1. The highest BCUT2D eigenvalue weighted by atomic mass is 32.2. The van der Waals surface area contributed by atoms with Gasteiger partial charge in [0.25, 0.3) is 0 Å². The summed E-state index contributed by atoms with van der Waals surface area (Å²) < 4.78 is 24.9. The molecule has 0 aliphatic carbocycles. The highest BCUT2D eigenvalue weighted by Crippen LogP contribution is 2.13. The van der Waals surface area contributed by atoms with Crippen LogP contribution in [0, 0.1) is 0 Å². The van der Waals surface area contributed by atoms with E-state index in [0.717, 1.165) is 12.1 Å². The Morgan fingerprint density at radius 3 is 2.12 bits per heavy atom. The first kappa shape index (κ1) is 14.2. The predicted molar refractivity (Wildman–Crippen MR) is 69.3 cm³/mol. The van der Waals surface area contributed by atoms with Crippen LogP contribution in [0.25, 0.3) is 0 Å². The monoisotopic (exact) mass is 256 g/mol. The molecule has 96 valence electrons. The summed E-state index contributed by atoms with van der Waals surface area (Å²) in [5.74, 6) is 0. The lowest BCUT2D eigenvalue weighted by atomic mass is 10.2. The van der Waals surface area contributed by atoms with Gasteiger partial charge in [0, 0.05) is 26.7 Å². The van der Waals surface area contributed by atoms with Gasteiger partial charge in [-0.2, -0.15) is 0 Å². The zero-order chi connectivity index (χ0) is 13.1. The van der Waals surface area contributed by atoms with Gasteiger partial charge in [-0.3, -0.25) is 0 Å². The van der Waals surface area contributed by atoms with Crippen LogP contribution in [0.5, 0.6) is 0 Å². The molecule has 4 nitrogen and oxygen atoms in total. The molecule has 5 heteroatoms. The molecule has 17 heavy (non-hydrogen) atoms. The summed E-state index contributed by atoms with van der Waals surface area (Å²) in [5, 5.41) is 3.28. The molecule has 0 heterocycles. The van der Waals surface area contributed by atoms with Crippen molar-refractivity contribution in [3.05, 3.63) is 29.8 Å². The molecule has 0 saturated heterocycles. The molecule has 0 unspecified atom stereocenters. The molecule has 0 amide bonds.